The maximum Gasteiger partial charge on any atom is 0.0845 e. The minimum absolute atomic E-state index is 0.717. The first kappa shape index (κ1) is 16.6. The molecular formula is C22H32O. The first-order valence-corrected chi connectivity index (χ1v) is 9.57. The number of fused-ring (bicyclic) bond motifs is 1. The molecule has 3 rings (SSSR count). The average molecular weight is 312 g/mol. The fraction of sp³-hybridized carbons (Fsp3) is 0.636. The van der Waals surface area contributed by atoms with Crippen LogP contribution in [0, 0.1) is 35.5 Å². The SMILES string of the molecule is C/C=C/[C@H]1C[C@@H](/C=C\C2CCC(/C=C/OCC)C2)[C@H]2C=CC[C@H]21. The third-order valence-electron chi connectivity index (χ3n) is 6.05. The van der Waals surface area contributed by atoms with Crippen molar-refractivity contribution in [2.75, 3.05) is 6.61 Å². The summed E-state index contributed by atoms with van der Waals surface area (Å²) in [6.07, 6.45) is 25.5. The van der Waals surface area contributed by atoms with E-state index in [1.54, 1.807) is 0 Å². The largest absolute Gasteiger partial charge is 0.502 e. The summed E-state index contributed by atoms with van der Waals surface area (Å²) < 4.78 is 5.34. The molecule has 2 unspecified atom stereocenters. The highest BCUT2D eigenvalue weighted by atomic mass is 16.5. The van der Waals surface area contributed by atoms with Gasteiger partial charge in [0.1, 0.15) is 0 Å². The van der Waals surface area contributed by atoms with Crippen molar-refractivity contribution in [3.05, 3.63) is 48.8 Å². The highest BCUT2D eigenvalue weighted by molar-refractivity contribution is 5.17. The van der Waals surface area contributed by atoms with Crippen LogP contribution in [-0.2, 0) is 4.74 Å². The van der Waals surface area contributed by atoms with Crippen molar-refractivity contribution in [2.24, 2.45) is 35.5 Å². The van der Waals surface area contributed by atoms with Crippen molar-refractivity contribution in [1.82, 2.24) is 0 Å². The second-order valence-corrected chi connectivity index (χ2v) is 7.50. The zero-order valence-corrected chi connectivity index (χ0v) is 14.7. The van der Waals surface area contributed by atoms with Crippen molar-refractivity contribution in [3.63, 3.8) is 0 Å². The molecule has 2 fully saturated rings. The quantitative estimate of drug-likeness (QED) is 0.437. The van der Waals surface area contributed by atoms with E-state index in [4.69, 9.17) is 4.74 Å². The molecule has 0 spiro atoms. The molecule has 126 valence electrons. The van der Waals surface area contributed by atoms with E-state index in [1.165, 1.54) is 32.1 Å². The number of rotatable bonds is 6. The zero-order valence-electron chi connectivity index (χ0n) is 14.7. The monoisotopic (exact) mass is 312 g/mol. The molecule has 2 saturated carbocycles. The van der Waals surface area contributed by atoms with Gasteiger partial charge in [-0.25, -0.2) is 0 Å². The smallest absolute Gasteiger partial charge is 0.0845 e. The average Bonchev–Trinajstić information content (AvgIpc) is 3.24. The van der Waals surface area contributed by atoms with Crippen molar-refractivity contribution in [1.29, 1.82) is 0 Å². The molecule has 0 heterocycles. The van der Waals surface area contributed by atoms with E-state index in [0.717, 1.165) is 42.1 Å². The normalized spacial score (nSPS) is 40.1. The highest BCUT2D eigenvalue weighted by Crippen LogP contribution is 2.49. The predicted octanol–water partition coefficient (Wildman–Crippen LogP) is 5.91. The van der Waals surface area contributed by atoms with Crippen molar-refractivity contribution < 1.29 is 4.74 Å². The molecule has 0 aliphatic heterocycles. The van der Waals surface area contributed by atoms with Crippen LogP contribution in [0.5, 0.6) is 0 Å². The van der Waals surface area contributed by atoms with Crippen LogP contribution < -0.4 is 0 Å². The summed E-state index contributed by atoms with van der Waals surface area (Å²) in [5.41, 5.74) is 0. The lowest BCUT2D eigenvalue weighted by molar-refractivity contribution is 0.266. The molecule has 6 atom stereocenters. The van der Waals surface area contributed by atoms with Gasteiger partial charge in [-0.05, 0) is 87.5 Å². The Kier molecular flexibility index (Phi) is 5.80. The fourth-order valence-corrected chi connectivity index (χ4v) is 4.90. The lowest BCUT2D eigenvalue weighted by Crippen LogP contribution is -2.09. The van der Waals surface area contributed by atoms with Crippen LogP contribution in [0.25, 0.3) is 0 Å². The number of hydrogen-bond donors (Lipinski definition) is 0. The first-order chi connectivity index (χ1) is 11.3. The minimum atomic E-state index is 0.717. The Morgan fingerprint density at radius 2 is 1.83 bits per heavy atom. The van der Waals surface area contributed by atoms with E-state index in [-0.39, 0.29) is 0 Å². The Morgan fingerprint density at radius 3 is 2.61 bits per heavy atom. The second kappa shape index (κ2) is 8.04. The van der Waals surface area contributed by atoms with Crippen molar-refractivity contribution in [2.45, 2.75) is 46.0 Å². The summed E-state index contributed by atoms with van der Waals surface area (Å²) in [5, 5.41) is 0. The van der Waals surface area contributed by atoms with Gasteiger partial charge in [-0.1, -0.05) is 36.5 Å². The molecule has 0 aromatic rings. The van der Waals surface area contributed by atoms with E-state index in [1.807, 2.05) is 13.2 Å². The molecule has 23 heavy (non-hydrogen) atoms. The summed E-state index contributed by atoms with van der Waals surface area (Å²) in [4.78, 5) is 0. The van der Waals surface area contributed by atoms with Crippen LogP contribution in [0.2, 0.25) is 0 Å². The fourth-order valence-electron chi connectivity index (χ4n) is 4.90. The lowest BCUT2D eigenvalue weighted by atomic mass is 9.89. The van der Waals surface area contributed by atoms with E-state index in [9.17, 15) is 0 Å². The maximum absolute atomic E-state index is 5.34. The van der Waals surface area contributed by atoms with Crippen LogP contribution in [-0.4, -0.2) is 6.61 Å². The minimum Gasteiger partial charge on any atom is -0.502 e. The van der Waals surface area contributed by atoms with Crippen LogP contribution in [0.3, 0.4) is 0 Å². The van der Waals surface area contributed by atoms with Crippen LogP contribution in [0.4, 0.5) is 0 Å². The molecule has 0 aromatic carbocycles. The Balaban J connectivity index is 1.53. The molecule has 0 saturated heterocycles. The molecule has 0 amide bonds. The van der Waals surface area contributed by atoms with Gasteiger partial charge in [0.2, 0.25) is 0 Å². The van der Waals surface area contributed by atoms with Gasteiger partial charge in [0.15, 0.2) is 0 Å². The summed E-state index contributed by atoms with van der Waals surface area (Å²) >= 11 is 0. The van der Waals surface area contributed by atoms with E-state index in [0.29, 0.717) is 0 Å². The Bertz CT molecular complexity index is 484. The van der Waals surface area contributed by atoms with E-state index < -0.39 is 0 Å². The van der Waals surface area contributed by atoms with Gasteiger partial charge in [-0.15, -0.1) is 0 Å². The van der Waals surface area contributed by atoms with Crippen LogP contribution in [0.1, 0.15) is 46.0 Å². The van der Waals surface area contributed by atoms with Gasteiger partial charge in [0.25, 0.3) is 0 Å². The third-order valence-corrected chi connectivity index (χ3v) is 6.05. The molecule has 1 heteroatoms. The summed E-state index contributed by atoms with van der Waals surface area (Å²) in [6.45, 7) is 4.98. The number of hydrogen-bond acceptors (Lipinski definition) is 1. The standard InChI is InChI=1S/C22H32O/c1-3-6-19-16-20(22-8-5-7-21(19)22)12-11-17-9-10-18(15-17)13-14-23-4-2/h3,5-6,8,11-14,17-22H,4,7,9-10,15-16H2,1-2H3/b6-3+,12-11-,14-13+/t17?,18?,19-,20+,21-,22+/m0/s1. The van der Waals surface area contributed by atoms with Gasteiger partial charge >= 0.3 is 0 Å². The Hall–Kier alpha value is -1.24. The molecule has 0 aromatic heterocycles. The highest BCUT2D eigenvalue weighted by Gasteiger charge is 2.40. The van der Waals surface area contributed by atoms with Crippen molar-refractivity contribution >= 4 is 0 Å². The van der Waals surface area contributed by atoms with Crippen LogP contribution >= 0.6 is 0 Å². The zero-order chi connectivity index (χ0) is 16.1. The maximum atomic E-state index is 5.34. The first-order valence-electron chi connectivity index (χ1n) is 9.57. The third kappa shape index (κ3) is 4.00. The molecular weight excluding hydrogens is 280 g/mol. The Morgan fingerprint density at radius 1 is 1.00 bits per heavy atom. The molecule has 0 N–H and O–H groups in total. The van der Waals surface area contributed by atoms with Gasteiger partial charge in [0.05, 0.1) is 12.9 Å². The van der Waals surface area contributed by atoms with Gasteiger partial charge in [0, 0.05) is 0 Å². The Labute approximate surface area is 142 Å². The van der Waals surface area contributed by atoms with Gasteiger partial charge in [-0.2, -0.15) is 0 Å². The molecule has 0 bridgehead atoms. The topological polar surface area (TPSA) is 9.23 Å². The number of allylic oxidation sites excluding steroid dienone is 7. The summed E-state index contributed by atoms with van der Waals surface area (Å²) in [7, 11) is 0. The van der Waals surface area contributed by atoms with E-state index >= 15 is 0 Å². The lowest BCUT2D eigenvalue weighted by Gasteiger charge is -2.15. The number of ether oxygens (including phenoxy) is 1. The predicted molar refractivity (Wildman–Crippen MR) is 97.9 cm³/mol. The van der Waals surface area contributed by atoms with Crippen molar-refractivity contribution in [3.8, 4) is 0 Å². The summed E-state index contributed by atoms with van der Waals surface area (Å²) in [5.74, 6) is 4.71. The van der Waals surface area contributed by atoms with Gasteiger partial charge in [-0.3, -0.25) is 0 Å². The summed E-state index contributed by atoms with van der Waals surface area (Å²) in [6, 6.07) is 0. The molecule has 1 nitrogen and oxygen atoms in total. The molecule has 0 radical (unpaired) electrons. The molecule has 3 aliphatic rings. The van der Waals surface area contributed by atoms with Gasteiger partial charge < -0.3 is 4.74 Å². The molecule has 3 aliphatic carbocycles. The van der Waals surface area contributed by atoms with E-state index in [2.05, 4.69) is 49.5 Å². The second-order valence-electron chi connectivity index (χ2n) is 7.50. The van der Waals surface area contributed by atoms with Crippen LogP contribution in [0.15, 0.2) is 48.8 Å².